The molecule has 2 aromatic rings. The molecule has 1 fully saturated rings. The molecule has 1 heterocycles. The van der Waals surface area contributed by atoms with Gasteiger partial charge in [0.1, 0.15) is 5.75 Å². The highest BCUT2D eigenvalue weighted by Gasteiger charge is 2.42. The zero-order valence-electron chi connectivity index (χ0n) is 17.5. The van der Waals surface area contributed by atoms with E-state index in [1.54, 1.807) is 6.26 Å². The van der Waals surface area contributed by atoms with Gasteiger partial charge in [0.05, 0.1) is 29.9 Å². The molecule has 168 valence electrons. The highest BCUT2D eigenvalue weighted by Crippen LogP contribution is 2.39. The van der Waals surface area contributed by atoms with Crippen LogP contribution in [0.25, 0.3) is 0 Å². The number of nitrogens with one attached hydrogen (secondary N) is 1. The quantitative estimate of drug-likeness (QED) is 0.674. The molecule has 1 aliphatic rings. The Morgan fingerprint density at radius 1 is 1.29 bits per heavy atom. The molecule has 31 heavy (non-hydrogen) atoms. The molecule has 0 bridgehead atoms. The van der Waals surface area contributed by atoms with Crippen molar-refractivity contribution in [1.29, 1.82) is 0 Å². The number of methoxy groups -OCH3 is 1. The first-order valence-electron chi connectivity index (χ1n) is 9.67. The number of benzene rings is 2. The third-order valence-corrected chi connectivity index (χ3v) is 6.15. The number of carbonyl (C=O) groups excluding carboxylic acids is 1. The Hall–Kier alpha value is -2.23. The van der Waals surface area contributed by atoms with Crippen molar-refractivity contribution in [1.82, 2.24) is 10.2 Å². The second-order valence-electron chi connectivity index (χ2n) is 7.71. The molecule has 0 spiro atoms. The van der Waals surface area contributed by atoms with Gasteiger partial charge in [-0.25, -0.2) is 0 Å². The predicted molar refractivity (Wildman–Crippen MR) is 113 cm³/mol. The highest BCUT2D eigenvalue weighted by atomic mass is 32.2. The lowest BCUT2D eigenvalue weighted by molar-refractivity contribution is -0.137. The Labute approximate surface area is 183 Å². The van der Waals surface area contributed by atoms with E-state index in [-0.39, 0.29) is 22.6 Å². The molecule has 2 atom stereocenters. The van der Waals surface area contributed by atoms with E-state index in [2.05, 4.69) is 5.32 Å². The number of aliphatic hydroxyl groups excluding tert-OH is 1. The molecule has 1 aliphatic heterocycles. The van der Waals surface area contributed by atoms with Crippen molar-refractivity contribution in [2.45, 2.75) is 29.1 Å². The van der Waals surface area contributed by atoms with Gasteiger partial charge in [-0.2, -0.15) is 13.2 Å². The number of halogens is 3. The number of thioether (sulfide) groups is 1. The van der Waals surface area contributed by atoms with Crippen LogP contribution in [-0.2, 0) is 11.7 Å². The minimum absolute atomic E-state index is 0.0426. The summed E-state index contributed by atoms with van der Waals surface area (Å²) in [4.78, 5) is 15.5. The van der Waals surface area contributed by atoms with Gasteiger partial charge in [0, 0.05) is 24.4 Å². The Morgan fingerprint density at radius 3 is 2.52 bits per heavy atom. The van der Waals surface area contributed by atoms with Crippen molar-refractivity contribution in [3.63, 3.8) is 0 Å². The number of hydrogen-bond donors (Lipinski definition) is 2. The van der Waals surface area contributed by atoms with Crippen molar-refractivity contribution >= 4 is 17.7 Å². The lowest BCUT2D eigenvalue weighted by Gasteiger charge is -2.44. The molecule has 0 unspecified atom stereocenters. The summed E-state index contributed by atoms with van der Waals surface area (Å²) in [5.74, 6) is -0.703. The van der Waals surface area contributed by atoms with Gasteiger partial charge in [-0.1, -0.05) is 30.3 Å². The van der Waals surface area contributed by atoms with Gasteiger partial charge in [0.2, 0.25) is 0 Å². The van der Waals surface area contributed by atoms with E-state index in [0.29, 0.717) is 13.1 Å². The lowest BCUT2D eigenvalue weighted by atomic mass is 9.81. The Morgan fingerprint density at radius 2 is 1.97 bits per heavy atom. The van der Waals surface area contributed by atoms with Crippen LogP contribution < -0.4 is 10.1 Å². The van der Waals surface area contributed by atoms with Gasteiger partial charge in [-0.05, 0) is 31.0 Å². The van der Waals surface area contributed by atoms with Crippen molar-refractivity contribution < 1.29 is 27.8 Å². The van der Waals surface area contributed by atoms with Crippen LogP contribution in [0.3, 0.4) is 0 Å². The number of nitrogens with zero attached hydrogens (tertiary/aromatic N) is 1. The minimum Gasteiger partial charge on any atom is -0.496 e. The number of piperidine rings is 1. The number of likely N-dealkylation sites (tertiary alicyclic amines) is 1. The van der Waals surface area contributed by atoms with Gasteiger partial charge in [-0.3, -0.25) is 4.79 Å². The first kappa shape index (κ1) is 23.4. The fourth-order valence-corrected chi connectivity index (χ4v) is 4.77. The summed E-state index contributed by atoms with van der Waals surface area (Å²) >= 11 is 1.04. The molecule has 0 radical (unpaired) electrons. The number of hydrogen-bond acceptors (Lipinski definition) is 5. The topological polar surface area (TPSA) is 61.8 Å². The van der Waals surface area contributed by atoms with E-state index in [0.717, 1.165) is 29.5 Å². The SMILES string of the molecule is COc1cc(C(F)(F)F)cc(SC)c1C(=O)N[C@@]1(c2ccccc2)C[C@H](O)CN(C)C1. The highest BCUT2D eigenvalue weighted by molar-refractivity contribution is 7.98. The lowest BCUT2D eigenvalue weighted by Crippen LogP contribution is -2.59. The smallest absolute Gasteiger partial charge is 0.416 e. The summed E-state index contributed by atoms with van der Waals surface area (Å²) in [6, 6.07) is 11.1. The molecule has 2 aromatic carbocycles. The number of β-amino-alcohol motifs (C(OH)–C–C–N with tert-alkyl or cyclic N) is 1. The minimum atomic E-state index is -4.56. The molecule has 9 heteroatoms. The van der Waals surface area contributed by atoms with Gasteiger partial charge in [0.15, 0.2) is 0 Å². The largest absolute Gasteiger partial charge is 0.496 e. The second kappa shape index (κ2) is 9.10. The summed E-state index contributed by atoms with van der Waals surface area (Å²) in [6.07, 6.45) is -3.34. The van der Waals surface area contributed by atoms with E-state index in [4.69, 9.17) is 4.74 Å². The number of alkyl halides is 3. The predicted octanol–water partition coefficient (Wildman–Crippen LogP) is 3.76. The van der Waals surface area contributed by atoms with Crippen LogP contribution >= 0.6 is 11.8 Å². The van der Waals surface area contributed by atoms with E-state index < -0.39 is 29.3 Å². The van der Waals surface area contributed by atoms with Crippen LogP contribution in [0.5, 0.6) is 5.75 Å². The first-order chi connectivity index (χ1) is 14.6. The molecule has 3 rings (SSSR count). The zero-order valence-corrected chi connectivity index (χ0v) is 18.3. The zero-order chi connectivity index (χ0) is 22.8. The van der Waals surface area contributed by atoms with Gasteiger partial charge >= 0.3 is 6.18 Å². The number of ether oxygens (including phenoxy) is 1. The molecule has 5 nitrogen and oxygen atoms in total. The average molecular weight is 455 g/mol. The van der Waals surface area contributed by atoms with Crippen molar-refractivity contribution in [2.24, 2.45) is 0 Å². The standard InChI is InChI=1S/C22H25F3N2O3S/c1-27-12-16(28)11-21(13-27,14-7-5-4-6-8-14)26-20(29)19-17(30-2)9-15(22(23,24)25)10-18(19)31-3/h4-10,16,28H,11-13H2,1-3H3,(H,26,29)/t16-,21-/m0/s1. The molecule has 1 saturated heterocycles. The molecule has 0 saturated carbocycles. The number of amides is 1. The fourth-order valence-electron chi connectivity index (χ4n) is 4.12. The fraction of sp³-hybridized carbons (Fsp3) is 0.409. The van der Waals surface area contributed by atoms with E-state index >= 15 is 0 Å². The van der Waals surface area contributed by atoms with Crippen LogP contribution in [0, 0.1) is 0 Å². The molecular formula is C22H25F3N2O3S. The van der Waals surface area contributed by atoms with Crippen molar-refractivity contribution in [3.8, 4) is 5.75 Å². The van der Waals surface area contributed by atoms with Crippen LogP contribution in [-0.4, -0.2) is 55.5 Å². The first-order valence-corrected chi connectivity index (χ1v) is 10.9. The summed E-state index contributed by atoms with van der Waals surface area (Å²) < 4.78 is 45.1. The number of aliphatic hydroxyl groups is 1. The monoisotopic (exact) mass is 454 g/mol. The number of likely N-dealkylation sites (N-methyl/N-ethyl adjacent to an activating group) is 1. The van der Waals surface area contributed by atoms with E-state index in [1.807, 2.05) is 42.3 Å². The van der Waals surface area contributed by atoms with Gasteiger partial charge in [0.25, 0.3) is 5.91 Å². The van der Waals surface area contributed by atoms with Crippen molar-refractivity contribution in [3.05, 3.63) is 59.2 Å². The Bertz CT molecular complexity index is 902. The maximum Gasteiger partial charge on any atom is 0.416 e. The van der Waals surface area contributed by atoms with Crippen LogP contribution in [0.1, 0.15) is 27.9 Å². The number of carbonyl (C=O) groups is 1. The second-order valence-corrected chi connectivity index (χ2v) is 8.56. The molecule has 0 aromatic heterocycles. The van der Waals surface area contributed by atoms with Crippen LogP contribution in [0.2, 0.25) is 0 Å². The van der Waals surface area contributed by atoms with Crippen LogP contribution in [0.4, 0.5) is 13.2 Å². The third-order valence-electron chi connectivity index (χ3n) is 5.39. The molecule has 1 amide bonds. The Kier molecular flexibility index (Phi) is 6.88. The molecular weight excluding hydrogens is 429 g/mol. The normalized spacial score (nSPS) is 22.2. The number of rotatable bonds is 5. The maximum absolute atomic E-state index is 13.4. The van der Waals surface area contributed by atoms with E-state index in [9.17, 15) is 23.1 Å². The average Bonchev–Trinajstić information content (AvgIpc) is 2.71. The summed E-state index contributed by atoms with van der Waals surface area (Å²) in [7, 11) is 3.08. The summed E-state index contributed by atoms with van der Waals surface area (Å²) in [6.45, 7) is 0.904. The summed E-state index contributed by atoms with van der Waals surface area (Å²) in [5.41, 5.74) is -0.934. The Balaban J connectivity index is 2.07. The molecule has 0 aliphatic carbocycles. The van der Waals surface area contributed by atoms with Crippen molar-refractivity contribution in [2.75, 3.05) is 33.5 Å². The molecule has 2 N–H and O–H groups in total. The van der Waals surface area contributed by atoms with Gasteiger partial charge in [-0.15, -0.1) is 11.8 Å². The van der Waals surface area contributed by atoms with Gasteiger partial charge < -0.3 is 20.1 Å². The summed E-state index contributed by atoms with van der Waals surface area (Å²) in [5, 5.41) is 13.5. The van der Waals surface area contributed by atoms with Crippen LogP contribution in [0.15, 0.2) is 47.4 Å². The van der Waals surface area contributed by atoms with E-state index in [1.165, 1.54) is 7.11 Å². The third kappa shape index (κ3) is 4.99. The maximum atomic E-state index is 13.4.